The molecule has 0 aliphatic rings. The largest absolute Gasteiger partial charge is 1.00 e. The van der Waals surface area contributed by atoms with Crippen LogP contribution in [0.2, 0.25) is 0 Å². The number of aromatic nitrogens is 1. The molecular weight excluding hydrogens is 355 g/mol. The average molecular weight is 368 g/mol. The van der Waals surface area contributed by atoms with Crippen molar-refractivity contribution in [3.63, 3.8) is 0 Å². The van der Waals surface area contributed by atoms with Crippen molar-refractivity contribution >= 4 is 17.8 Å². The van der Waals surface area contributed by atoms with E-state index in [9.17, 15) is 10.1 Å². The van der Waals surface area contributed by atoms with Crippen LogP contribution in [0.25, 0.3) is 12.2 Å². The highest BCUT2D eigenvalue weighted by Crippen LogP contribution is 2.14. The second-order valence-electron chi connectivity index (χ2n) is 3.92. The first-order valence-corrected chi connectivity index (χ1v) is 5.54. The molecule has 2 aromatic rings. The zero-order valence-electron chi connectivity index (χ0n) is 10.4. The second-order valence-corrected chi connectivity index (χ2v) is 3.92. The minimum absolute atomic E-state index is 0. The fourth-order valence-corrected chi connectivity index (χ4v) is 1.63. The Morgan fingerprint density at radius 1 is 1.16 bits per heavy atom. The van der Waals surface area contributed by atoms with E-state index < -0.39 is 0 Å². The highest BCUT2D eigenvalue weighted by Gasteiger charge is 2.04. The van der Waals surface area contributed by atoms with E-state index in [2.05, 4.69) is 0 Å². The molecule has 0 bridgehead atoms. The van der Waals surface area contributed by atoms with E-state index in [-0.39, 0.29) is 34.6 Å². The van der Waals surface area contributed by atoms with Crippen LogP contribution < -0.4 is 28.5 Å². The lowest BCUT2D eigenvalue weighted by molar-refractivity contribution is -0.673. The molecule has 0 radical (unpaired) electrons. The third kappa shape index (κ3) is 4.13. The maximum Gasteiger partial charge on any atom is 0.270 e. The third-order valence-corrected chi connectivity index (χ3v) is 2.62. The van der Waals surface area contributed by atoms with Gasteiger partial charge in [0.05, 0.1) is 4.92 Å². The molecule has 0 aliphatic heterocycles. The molecule has 1 aromatic carbocycles. The van der Waals surface area contributed by atoms with Gasteiger partial charge in [0, 0.05) is 30.3 Å². The lowest BCUT2D eigenvalue weighted by Crippen LogP contribution is -3.00. The summed E-state index contributed by atoms with van der Waals surface area (Å²) in [5.74, 6) is 0. The average Bonchev–Trinajstić information content (AvgIpc) is 2.38. The topological polar surface area (TPSA) is 47.0 Å². The minimum Gasteiger partial charge on any atom is -1.00 e. The Hall–Kier alpha value is -1.76. The highest BCUT2D eigenvalue weighted by molar-refractivity contribution is 5.68. The summed E-state index contributed by atoms with van der Waals surface area (Å²) in [6, 6.07) is 12.4. The molecule has 2 rings (SSSR count). The van der Waals surface area contributed by atoms with Gasteiger partial charge in [-0.15, -0.1) is 0 Å². The highest BCUT2D eigenvalue weighted by atomic mass is 127. The molecule has 1 heterocycles. The summed E-state index contributed by atoms with van der Waals surface area (Å²) in [6.07, 6.45) is 5.74. The number of nitrogens with zero attached hydrogens (tertiary/aromatic N) is 2. The molecule has 0 aliphatic carbocycles. The van der Waals surface area contributed by atoms with Gasteiger partial charge in [0.25, 0.3) is 5.69 Å². The number of benzene rings is 1. The van der Waals surface area contributed by atoms with Gasteiger partial charge in [-0.2, -0.15) is 0 Å². The number of pyridine rings is 1. The molecule has 0 N–H and O–H groups in total. The van der Waals surface area contributed by atoms with Gasteiger partial charge in [-0.1, -0.05) is 12.1 Å². The van der Waals surface area contributed by atoms with Crippen LogP contribution >= 0.6 is 0 Å². The zero-order chi connectivity index (χ0) is 13.0. The summed E-state index contributed by atoms with van der Waals surface area (Å²) < 4.78 is 1.98. The van der Waals surface area contributed by atoms with Gasteiger partial charge in [-0.25, -0.2) is 4.57 Å². The predicted molar refractivity (Wildman–Crippen MR) is 69.6 cm³/mol. The maximum absolute atomic E-state index is 10.7. The van der Waals surface area contributed by atoms with E-state index in [1.807, 2.05) is 54.2 Å². The molecule has 0 saturated carbocycles. The fourth-order valence-electron chi connectivity index (χ4n) is 1.63. The van der Waals surface area contributed by atoms with E-state index in [4.69, 9.17) is 0 Å². The molecule has 1 aromatic heterocycles. The van der Waals surface area contributed by atoms with Crippen molar-refractivity contribution in [2.45, 2.75) is 0 Å². The van der Waals surface area contributed by atoms with E-state index in [1.54, 1.807) is 12.1 Å². The van der Waals surface area contributed by atoms with Crippen molar-refractivity contribution in [3.8, 4) is 0 Å². The first kappa shape index (κ1) is 15.3. The first-order chi connectivity index (χ1) is 8.66. The van der Waals surface area contributed by atoms with Crippen LogP contribution in [-0.4, -0.2) is 4.92 Å². The van der Waals surface area contributed by atoms with E-state index in [1.165, 1.54) is 6.07 Å². The molecule has 0 atom stereocenters. The van der Waals surface area contributed by atoms with E-state index in [0.29, 0.717) is 0 Å². The molecule has 0 amide bonds. The molecular formula is C14H13IN2O2. The lowest BCUT2D eigenvalue weighted by Gasteiger charge is -1.95. The van der Waals surface area contributed by atoms with Crippen LogP contribution in [0, 0.1) is 10.1 Å². The van der Waals surface area contributed by atoms with Crippen molar-refractivity contribution in [1.82, 2.24) is 0 Å². The second kappa shape index (κ2) is 6.98. The smallest absolute Gasteiger partial charge is 0.270 e. The third-order valence-electron chi connectivity index (χ3n) is 2.62. The summed E-state index contributed by atoms with van der Waals surface area (Å²) in [7, 11) is 1.95. The van der Waals surface area contributed by atoms with Gasteiger partial charge in [0.2, 0.25) is 5.69 Å². The first-order valence-electron chi connectivity index (χ1n) is 5.54. The number of hydrogen-bond acceptors (Lipinski definition) is 2. The van der Waals surface area contributed by atoms with Gasteiger partial charge in [-0.05, 0) is 17.7 Å². The van der Waals surface area contributed by atoms with Gasteiger partial charge >= 0.3 is 0 Å². The quantitative estimate of drug-likeness (QED) is 0.320. The summed E-state index contributed by atoms with van der Waals surface area (Å²) in [5, 5.41) is 10.7. The molecule has 19 heavy (non-hydrogen) atoms. The Morgan fingerprint density at radius 2 is 1.95 bits per heavy atom. The van der Waals surface area contributed by atoms with Crippen molar-refractivity contribution in [2.75, 3.05) is 0 Å². The van der Waals surface area contributed by atoms with Crippen LogP contribution in [0.5, 0.6) is 0 Å². The molecule has 0 spiro atoms. The van der Waals surface area contributed by atoms with Crippen LogP contribution in [0.15, 0.2) is 48.7 Å². The van der Waals surface area contributed by atoms with Gasteiger partial charge in [-0.3, -0.25) is 10.1 Å². The number of non-ortho nitro benzene ring substituents is 1. The standard InChI is InChI=1S/C14H13N2O2.HI/c1-15-10-3-2-6-13(15)9-8-12-5-4-7-14(11-12)16(17)18;/h2-11H,1H3;1H/q+1;/p-1/b9-8+;. The van der Waals surface area contributed by atoms with Crippen molar-refractivity contribution in [3.05, 3.63) is 70.0 Å². The monoisotopic (exact) mass is 368 g/mol. The molecule has 4 nitrogen and oxygen atoms in total. The number of aryl methyl sites for hydroxylation is 1. The van der Waals surface area contributed by atoms with Crippen LogP contribution in [-0.2, 0) is 7.05 Å². The van der Waals surface area contributed by atoms with Crippen molar-refractivity contribution < 1.29 is 33.5 Å². The number of nitro benzene ring substituents is 1. The van der Waals surface area contributed by atoms with Crippen molar-refractivity contribution in [1.29, 1.82) is 0 Å². The molecule has 0 unspecified atom stereocenters. The number of halogens is 1. The Morgan fingerprint density at radius 3 is 2.63 bits per heavy atom. The molecule has 0 fully saturated rings. The minimum atomic E-state index is -0.389. The van der Waals surface area contributed by atoms with Crippen LogP contribution in [0.3, 0.4) is 0 Å². The Labute approximate surface area is 128 Å². The van der Waals surface area contributed by atoms with Crippen LogP contribution in [0.1, 0.15) is 11.3 Å². The Balaban J connectivity index is 0.00000180. The molecule has 98 valence electrons. The number of nitro groups is 1. The number of rotatable bonds is 3. The van der Waals surface area contributed by atoms with Gasteiger partial charge in [0.15, 0.2) is 6.20 Å². The Kier molecular flexibility index (Phi) is 5.62. The summed E-state index contributed by atoms with van der Waals surface area (Å²) >= 11 is 0. The zero-order valence-corrected chi connectivity index (χ0v) is 12.5. The SMILES string of the molecule is C[n+]1ccccc1/C=C/c1cccc([N+](=O)[O-])c1.[I-]. The fraction of sp³-hybridized carbons (Fsp3) is 0.0714. The normalized spacial score (nSPS) is 10.2. The Bertz CT molecular complexity index is 612. The summed E-state index contributed by atoms with van der Waals surface area (Å²) in [4.78, 5) is 10.3. The summed E-state index contributed by atoms with van der Waals surface area (Å²) in [6.45, 7) is 0. The van der Waals surface area contributed by atoms with Gasteiger partial charge in [0.1, 0.15) is 7.05 Å². The maximum atomic E-state index is 10.7. The predicted octanol–water partition coefficient (Wildman–Crippen LogP) is -0.406. The van der Waals surface area contributed by atoms with Crippen molar-refractivity contribution in [2.24, 2.45) is 7.05 Å². The van der Waals surface area contributed by atoms with Gasteiger partial charge < -0.3 is 24.0 Å². The lowest BCUT2D eigenvalue weighted by atomic mass is 10.1. The van der Waals surface area contributed by atoms with E-state index in [0.717, 1.165) is 11.3 Å². The summed E-state index contributed by atoms with van der Waals surface area (Å²) in [5.41, 5.74) is 1.95. The molecule has 0 saturated heterocycles. The van der Waals surface area contributed by atoms with Crippen LogP contribution in [0.4, 0.5) is 5.69 Å². The molecule has 5 heteroatoms. The van der Waals surface area contributed by atoms with E-state index >= 15 is 0 Å². The number of hydrogen-bond donors (Lipinski definition) is 0.